The summed E-state index contributed by atoms with van der Waals surface area (Å²) < 4.78 is 21.8. The third-order valence-electron chi connectivity index (χ3n) is 6.05. The van der Waals surface area contributed by atoms with Gasteiger partial charge in [-0.1, -0.05) is 0 Å². The largest absolute Gasteiger partial charge is 0.632 e. The molecule has 128 valence electrons. The van der Waals surface area contributed by atoms with Crippen LogP contribution in [0.25, 0.3) is 0 Å². The number of ether oxygens (including phenoxy) is 4. The minimum Gasteiger partial charge on any atom is -0.632 e. The molecule has 4 aliphatic heterocycles. The van der Waals surface area contributed by atoms with Crippen LogP contribution in [0.5, 0.6) is 23.0 Å². The Balaban J connectivity index is 1.54. The lowest BCUT2D eigenvalue weighted by Crippen LogP contribution is -2.52. The van der Waals surface area contributed by atoms with Crippen LogP contribution in [0.3, 0.4) is 0 Å². The van der Waals surface area contributed by atoms with E-state index in [1.54, 1.807) is 7.05 Å². The maximum atomic E-state index is 13.6. The second-order valence-corrected chi connectivity index (χ2v) is 7.31. The Labute approximate surface area is 144 Å². The van der Waals surface area contributed by atoms with E-state index < -0.39 is 0 Å². The SMILES string of the molecule is C[N+]1([O-])[C@H]2Cc3cc4c(cc3[C@@H]1Cc1cc3c(cc12)OCO3)OCO4. The number of hydrogen-bond donors (Lipinski definition) is 0. The summed E-state index contributed by atoms with van der Waals surface area (Å²) in [5, 5.41) is 13.6. The van der Waals surface area contributed by atoms with Crippen molar-refractivity contribution < 1.29 is 23.6 Å². The Morgan fingerprint density at radius 3 is 1.60 bits per heavy atom. The molecule has 0 unspecified atom stereocenters. The van der Waals surface area contributed by atoms with Crippen LogP contribution in [-0.4, -0.2) is 25.3 Å². The van der Waals surface area contributed by atoms with Crippen molar-refractivity contribution in [1.29, 1.82) is 0 Å². The molecule has 25 heavy (non-hydrogen) atoms. The number of benzene rings is 2. The maximum Gasteiger partial charge on any atom is 0.231 e. The fourth-order valence-corrected chi connectivity index (χ4v) is 4.74. The summed E-state index contributed by atoms with van der Waals surface area (Å²) in [6.45, 7) is 0.495. The van der Waals surface area contributed by atoms with Gasteiger partial charge in [0.2, 0.25) is 13.6 Å². The molecule has 0 aliphatic carbocycles. The number of hydrogen-bond acceptors (Lipinski definition) is 5. The summed E-state index contributed by atoms with van der Waals surface area (Å²) in [5.74, 6) is 3.05. The normalized spacial score (nSPS) is 30.0. The van der Waals surface area contributed by atoms with Crippen molar-refractivity contribution in [2.45, 2.75) is 24.9 Å². The van der Waals surface area contributed by atoms with Crippen LogP contribution in [-0.2, 0) is 12.8 Å². The fraction of sp³-hybridized carbons (Fsp3) is 0.368. The molecule has 4 heterocycles. The zero-order valence-corrected chi connectivity index (χ0v) is 13.8. The van der Waals surface area contributed by atoms with Crippen molar-refractivity contribution in [3.8, 4) is 23.0 Å². The lowest BCUT2D eigenvalue weighted by molar-refractivity contribution is -0.927. The minimum atomic E-state index is -0.292. The molecule has 0 radical (unpaired) electrons. The van der Waals surface area contributed by atoms with Gasteiger partial charge in [-0.05, 0) is 35.4 Å². The molecule has 2 aromatic rings. The lowest BCUT2D eigenvalue weighted by atomic mass is 9.76. The minimum absolute atomic E-state index is 0.142. The van der Waals surface area contributed by atoms with E-state index in [2.05, 4.69) is 12.1 Å². The molecule has 6 heteroatoms. The monoisotopic (exact) mass is 339 g/mol. The first-order valence-corrected chi connectivity index (χ1v) is 8.53. The van der Waals surface area contributed by atoms with Crippen LogP contribution in [0.1, 0.15) is 34.3 Å². The highest BCUT2D eigenvalue weighted by Gasteiger charge is 2.47. The van der Waals surface area contributed by atoms with E-state index in [1.807, 2.05) is 12.1 Å². The summed E-state index contributed by atoms with van der Waals surface area (Å²) in [5.41, 5.74) is 4.55. The highest BCUT2D eigenvalue weighted by atomic mass is 16.7. The average Bonchev–Trinajstić information content (AvgIpc) is 3.21. The highest BCUT2D eigenvalue weighted by Crippen LogP contribution is 2.54. The predicted octanol–water partition coefficient (Wildman–Crippen LogP) is 2.98. The number of hydroxylamine groups is 3. The summed E-state index contributed by atoms with van der Waals surface area (Å²) in [7, 11) is 1.79. The number of rotatable bonds is 0. The van der Waals surface area contributed by atoms with Gasteiger partial charge in [0.15, 0.2) is 23.0 Å². The van der Waals surface area contributed by atoms with Gasteiger partial charge >= 0.3 is 0 Å². The predicted molar refractivity (Wildman–Crippen MR) is 87.6 cm³/mol. The molecule has 6 rings (SSSR count). The van der Waals surface area contributed by atoms with E-state index in [0.717, 1.165) is 34.1 Å². The molecule has 2 aromatic carbocycles. The first-order valence-electron chi connectivity index (χ1n) is 8.53. The van der Waals surface area contributed by atoms with Crippen molar-refractivity contribution in [1.82, 2.24) is 0 Å². The van der Waals surface area contributed by atoms with Crippen LogP contribution in [0, 0.1) is 5.21 Å². The third-order valence-corrected chi connectivity index (χ3v) is 6.05. The molecule has 0 amide bonds. The second-order valence-electron chi connectivity index (χ2n) is 7.31. The Hall–Kier alpha value is -2.44. The maximum absolute atomic E-state index is 13.6. The van der Waals surface area contributed by atoms with Crippen molar-refractivity contribution in [2.75, 3.05) is 20.6 Å². The van der Waals surface area contributed by atoms with E-state index in [-0.39, 0.29) is 30.3 Å². The molecular weight excluding hydrogens is 322 g/mol. The van der Waals surface area contributed by atoms with Crippen LogP contribution in [0.2, 0.25) is 0 Å². The van der Waals surface area contributed by atoms with Gasteiger partial charge in [0.05, 0.1) is 7.05 Å². The number of likely N-dealkylation sites (N-methyl/N-ethyl adjacent to an activating group) is 1. The van der Waals surface area contributed by atoms with Gasteiger partial charge < -0.3 is 28.8 Å². The van der Waals surface area contributed by atoms with Crippen molar-refractivity contribution in [3.05, 3.63) is 51.7 Å². The summed E-state index contributed by atoms with van der Waals surface area (Å²) in [6.07, 6.45) is 1.38. The Morgan fingerprint density at radius 1 is 0.760 bits per heavy atom. The summed E-state index contributed by atoms with van der Waals surface area (Å²) in [6, 6.07) is 7.83. The van der Waals surface area contributed by atoms with Gasteiger partial charge in [0, 0.05) is 24.0 Å². The Morgan fingerprint density at radius 2 is 1.16 bits per heavy atom. The molecule has 0 aromatic heterocycles. The standard InChI is InChI=1S/C19H17NO5/c1-20(21)14-2-10-4-16-18(24-8-22-16)6-12(10)15(20)3-11-5-17-19(7-13(11)14)25-9-23-17/h4-7,14-15H,2-3,8-9H2,1H3/t14-,15-/m0/s1. The van der Waals surface area contributed by atoms with E-state index in [9.17, 15) is 5.21 Å². The first kappa shape index (κ1) is 13.8. The van der Waals surface area contributed by atoms with E-state index in [1.165, 1.54) is 11.1 Å². The van der Waals surface area contributed by atoms with Gasteiger partial charge in [-0.25, -0.2) is 0 Å². The average molecular weight is 339 g/mol. The van der Waals surface area contributed by atoms with E-state index in [0.29, 0.717) is 12.8 Å². The second kappa shape index (κ2) is 4.39. The van der Waals surface area contributed by atoms with Crippen LogP contribution >= 0.6 is 0 Å². The van der Waals surface area contributed by atoms with Gasteiger partial charge in [-0.2, -0.15) is 0 Å². The lowest BCUT2D eigenvalue weighted by Gasteiger charge is -2.57. The molecule has 0 fully saturated rings. The fourth-order valence-electron chi connectivity index (χ4n) is 4.74. The number of quaternary nitrogens is 1. The third kappa shape index (κ3) is 1.70. The van der Waals surface area contributed by atoms with Crippen LogP contribution in [0.15, 0.2) is 24.3 Å². The van der Waals surface area contributed by atoms with E-state index >= 15 is 0 Å². The quantitative estimate of drug-likeness (QED) is 0.545. The molecule has 4 aliphatic rings. The van der Waals surface area contributed by atoms with Crippen molar-refractivity contribution in [3.63, 3.8) is 0 Å². The Bertz CT molecular complexity index is 849. The summed E-state index contributed by atoms with van der Waals surface area (Å²) >= 11 is 0. The molecule has 0 saturated heterocycles. The van der Waals surface area contributed by atoms with Gasteiger partial charge in [-0.3, -0.25) is 0 Å². The van der Waals surface area contributed by atoms with Gasteiger partial charge in [-0.15, -0.1) is 0 Å². The smallest absolute Gasteiger partial charge is 0.231 e. The molecule has 6 nitrogen and oxygen atoms in total. The first-order chi connectivity index (χ1) is 12.1. The number of nitrogens with zero attached hydrogens (tertiary/aromatic N) is 1. The molecular formula is C19H17NO5. The molecule has 0 saturated carbocycles. The molecule has 2 atom stereocenters. The van der Waals surface area contributed by atoms with Gasteiger partial charge in [0.1, 0.15) is 12.1 Å². The topological polar surface area (TPSA) is 60.0 Å². The molecule has 0 spiro atoms. The summed E-state index contributed by atoms with van der Waals surface area (Å²) in [4.78, 5) is 0. The highest BCUT2D eigenvalue weighted by molar-refractivity contribution is 5.55. The van der Waals surface area contributed by atoms with Crippen LogP contribution in [0.4, 0.5) is 0 Å². The Kier molecular flexibility index (Phi) is 2.42. The zero-order chi connectivity index (χ0) is 16.8. The van der Waals surface area contributed by atoms with Crippen LogP contribution < -0.4 is 18.9 Å². The molecule has 2 bridgehead atoms. The zero-order valence-electron chi connectivity index (χ0n) is 13.8. The van der Waals surface area contributed by atoms with Crippen molar-refractivity contribution in [2.24, 2.45) is 0 Å². The van der Waals surface area contributed by atoms with Crippen molar-refractivity contribution >= 4 is 0 Å². The molecule has 0 N–H and O–H groups in total. The van der Waals surface area contributed by atoms with Gasteiger partial charge in [0.25, 0.3) is 0 Å². The number of fused-ring (bicyclic) bond motifs is 8. The van der Waals surface area contributed by atoms with E-state index in [4.69, 9.17) is 18.9 Å².